The molecule has 1 aromatic heterocycles. The van der Waals surface area contributed by atoms with Gasteiger partial charge in [-0.05, 0) is 27.4 Å². The maximum atomic E-state index is 6.37. The molecular formula is C13H14BrCl2NO. The third kappa shape index (κ3) is 2.18. The summed E-state index contributed by atoms with van der Waals surface area (Å²) in [5.74, 6) is 0.736. The van der Waals surface area contributed by atoms with Gasteiger partial charge in [0.05, 0.1) is 16.6 Å². The van der Waals surface area contributed by atoms with E-state index < -0.39 is 0 Å². The van der Waals surface area contributed by atoms with Gasteiger partial charge in [-0.1, -0.05) is 44.0 Å². The topological polar surface area (TPSA) is 39.2 Å². The molecule has 5 heteroatoms. The minimum atomic E-state index is -0.117. The predicted octanol–water partition coefficient (Wildman–Crippen LogP) is 5.26. The van der Waals surface area contributed by atoms with E-state index in [4.69, 9.17) is 33.4 Å². The molecule has 0 aliphatic rings. The van der Waals surface area contributed by atoms with Crippen molar-refractivity contribution in [3.8, 4) is 0 Å². The standard InChI is InChI=1S/C13H14BrCl2NO/c1-13(2,3)10-8(5-17)18-12-7(15)4-6(14)11(16)9(10)12/h4H,5,17H2,1-3H3. The third-order valence-electron chi connectivity index (χ3n) is 2.82. The van der Waals surface area contributed by atoms with E-state index in [1.807, 2.05) is 0 Å². The minimum absolute atomic E-state index is 0.117. The molecule has 0 saturated heterocycles. The normalized spacial score (nSPS) is 12.4. The highest BCUT2D eigenvalue weighted by atomic mass is 79.9. The van der Waals surface area contributed by atoms with Crippen molar-refractivity contribution in [1.29, 1.82) is 0 Å². The van der Waals surface area contributed by atoms with Crippen LogP contribution in [0.25, 0.3) is 11.0 Å². The van der Waals surface area contributed by atoms with Crippen LogP contribution in [0.3, 0.4) is 0 Å². The number of halogens is 3. The largest absolute Gasteiger partial charge is 0.458 e. The van der Waals surface area contributed by atoms with Crippen LogP contribution < -0.4 is 5.73 Å². The summed E-state index contributed by atoms with van der Waals surface area (Å²) >= 11 is 16.0. The van der Waals surface area contributed by atoms with Crippen LogP contribution in [0.5, 0.6) is 0 Å². The Morgan fingerprint density at radius 2 is 1.94 bits per heavy atom. The van der Waals surface area contributed by atoms with E-state index in [1.54, 1.807) is 6.07 Å². The average molecular weight is 351 g/mol. The van der Waals surface area contributed by atoms with Crippen molar-refractivity contribution in [2.75, 3.05) is 0 Å². The highest BCUT2D eigenvalue weighted by molar-refractivity contribution is 9.10. The van der Waals surface area contributed by atoms with Crippen LogP contribution in [0.2, 0.25) is 10.0 Å². The molecule has 0 aliphatic heterocycles. The van der Waals surface area contributed by atoms with Crippen molar-refractivity contribution in [2.45, 2.75) is 32.7 Å². The molecule has 98 valence electrons. The van der Waals surface area contributed by atoms with Crippen molar-refractivity contribution < 1.29 is 4.42 Å². The van der Waals surface area contributed by atoms with Crippen molar-refractivity contribution in [3.05, 3.63) is 31.9 Å². The SMILES string of the molecule is CC(C)(C)c1c(CN)oc2c(Cl)cc(Br)c(Cl)c12. The molecule has 0 bridgehead atoms. The molecule has 0 spiro atoms. The number of benzene rings is 1. The molecule has 2 aromatic rings. The molecule has 2 rings (SSSR count). The summed E-state index contributed by atoms with van der Waals surface area (Å²) in [4.78, 5) is 0. The maximum absolute atomic E-state index is 6.37. The zero-order chi connectivity index (χ0) is 13.7. The van der Waals surface area contributed by atoms with E-state index in [2.05, 4.69) is 36.7 Å². The molecule has 1 heterocycles. The summed E-state index contributed by atoms with van der Waals surface area (Å²) in [6.07, 6.45) is 0. The van der Waals surface area contributed by atoms with E-state index in [1.165, 1.54) is 0 Å². The molecule has 2 nitrogen and oxygen atoms in total. The Balaban J connectivity index is 2.99. The lowest BCUT2D eigenvalue weighted by molar-refractivity contribution is 0.511. The summed E-state index contributed by atoms with van der Waals surface area (Å²) in [6, 6.07) is 1.74. The molecule has 1 aromatic carbocycles. The first-order chi connectivity index (χ1) is 8.27. The van der Waals surface area contributed by atoms with Crippen LogP contribution in [0.15, 0.2) is 15.0 Å². The van der Waals surface area contributed by atoms with Crippen molar-refractivity contribution in [3.63, 3.8) is 0 Å². The summed E-state index contributed by atoms with van der Waals surface area (Å²) in [6.45, 7) is 6.62. The van der Waals surface area contributed by atoms with E-state index >= 15 is 0 Å². The van der Waals surface area contributed by atoms with Gasteiger partial charge in [0.15, 0.2) is 5.58 Å². The van der Waals surface area contributed by atoms with Gasteiger partial charge >= 0.3 is 0 Å². The number of fused-ring (bicyclic) bond motifs is 1. The molecule has 0 radical (unpaired) electrons. The van der Waals surface area contributed by atoms with Gasteiger partial charge in [-0.3, -0.25) is 0 Å². The van der Waals surface area contributed by atoms with Gasteiger partial charge < -0.3 is 10.2 Å². The number of rotatable bonds is 1. The Bertz CT molecular complexity index is 614. The Labute approximate surface area is 125 Å². The molecule has 0 fully saturated rings. The second kappa shape index (κ2) is 4.71. The van der Waals surface area contributed by atoms with Gasteiger partial charge in [0, 0.05) is 15.4 Å². The molecule has 18 heavy (non-hydrogen) atoms. The number of nitrogens with two attached hydrogens (primary N) is 1. The Hall–Kier alpha value is -0.220. The fourth-order valence-corrected chi connectivity index (χ4v) is 3.19. The second-order valence-corrected chi connectivity index (χ2v) is 6.85. The van der Waals surface area contributed by atoms with Crippen LogP contribution in [-0.2, 0) is 12.0 Å². The third-order valence-corrected chi connectivity index (χ3v) is 4.34. The van der Waals surface area contributed by atoms with Gasteiger partial charge in [0.25, 0.3) is 0 Å². The summed E-state index contributed by atoms with van der Waals surface area (Å²) in [7, 11) is 0. The fraction of sp³-hybridized carbons (Fsp3) is 0.385. The van der Waals surface area contributed by atoms with Crippen molar-refractivity contribution in [1.82, 2.24) is 0 Å². The van der Waals surface area contributed by atoms with Crippen LogP contribution in [0.1, 0.15) is 32.1 Å². The molecule has 2 N–H and O–H groups in total. The van der Waals surface area contributed by atoms with Crippen molar-refractivity contribution in [2.24, 2.45) is 5.73 Å². The van der Waals surface area contributed by atoms with Gasteiger partial charge in [-0.25, -0.2) is 0 Å². The van der Waals surface area contributed by atoms with E-state index in [9.17, 15) is 0 Å². The summed E-state index contributed by atoms with van der Waals surface area (Å²) < 4.78 is 6.54. The smallest absolute Gasteiger partial charge is 0.154 e. The zero-order valence-corrected chi connectivity index (χ0v) is 13.5. The van der Waals surface area contributed by atoms with Crippen LogP contribution >= 0.6 is 39.1 Å². The maximum Gasteiger partial charge on any atom is 0.154 e. The molecule has 0 amide bonds. The highest BCUT2D eigenvalue weighted by Crippen LogP contribution is 2.44. The van der Waals surface area contributed by atoms with Gasteiger partial charge in [-0.2, -0.15) is 0 Å². The lowest BCUT2D eigenvalue weighted by atomic mass is 9.85. The Kier molecular flexibility index (Phi) is 3.72. The Morgan fingerprint density at radius 3 is 2.44 bits per heavy atom. The Morgan fingerprint density at radius 1 is 1.33 bits per heavy atom. The van der Waals surface area contributed by atoms with Gasteiger partial charge in [-0.15, -0.1) is 0 Å². The van der Waals surface area contributed by atoms with Crippen LogP contribution in [0, 0.1) is 0 Å². The minimum Gasteiger partial charge on any atom is -0.458 e. The molecule has 0 atom stereocenters. The van der Waals surface area contributed by atoms with E-state index in [-0.39, 0.29) is 5.41 Å². The van der Waals surface area contributed by atoms with Gasteiger partial charge in [0.1, 0.15) is 5.76 Å². The predicted molar refractivity (Wildman–Crippen MR) is 80.5 cm³/mol. The summed E-state index contributed by atoms with van der Waals surface area (Å²) in [5.41, 5.74) is 7.27. The average Bonchev–Trinajstić information content (AvgIpc) is 2.65. The summed E-state index contributed by atoms with van der Waals surface area (Å²) in [5, 5.41) is 2.00. The fourth-order valence-electron chi connectivity index (χ4n) is 2.15. The first-order valence-electron chi connectivity index (χ1n) is 5.56. The number of furan rings is 1. The lowest BCUT2D eigenvalue weighted by Crippen LogP contribution is -2.14. The first-order valence-corrected chi connectivity index (χ1v) is 7.11. The second-order valence-electron chi connectivity index (χ2n) is 5.21. The number of hydrogen-bond acceptors (Lipinski definition) is 2. The lowest BCUT2D eigenvalue weighted by Gasteiger charge is -2.19. The highest BCUT2D eigenvalue weighted by Gasteiger charge is 2.28. The monoisotopic (exact) mass is 349 g/mol. The molecule has 0 aliphatic carbocycles. The van der Waals surface area contributed by atoms with E-state index in [0.29, 0.717) is 22.2 Å². The van der Waals surface area contributed by atoms with Crippen molar-refractivity contribution >= 4 is 50.1 Å². The molecule has 0 saturated carbocycles. The molecule has 0 unspecified atom stereocenters. The van der Waals surface area contributed by atoms with Gasteiger partial charge in [0.2, 0.25) is 0 Å². The first kappa shape index (κ1) is 14.2. The van der Waals surface area contributed by atoms with Crippen LogP contribution in [0.4, 0.5) is 0 Å². The quantitative estimate of drug-likeness (QED) is 0.712. The molecular weight excluding hydrogens is 337 g/mol. The zero-order valence-electron chi connectivity index (χ0n) is 10.4. The van der Waals surface area contributed by atoms with Crippen LogP contribution in [-0.4, -0.2) is 0 Å². The number of hydrogen-bond donors (Lipinski definition) is 1. The van der Waals surface area contributed by atoms with E-state index in [0.717, 1.165) is 21.2 Å².